The topological polar surface area (TPSA) is 74.6 Å². The molecule has 6 heteroatoms. The summed E-state index contributed by atoms with van der Waals surface area (Å²) in [5, 5.41) is 13.1. The monoisotopic (exact) mass is 345 g/mol. The fraction of sp³-hybridized carbons (Fsp3) is 0.684. The summed E-state index contributed by atoms with van der Waals surface area (Å²) in [5.41, 5.74) is 1.02. The van der Waals surface area contributed by atoms with E-state index in [0.29, 0.717) is 19.0 Å². The van der Waals surface area contributed by atoms with Gasteiger partial charge in [-0.15, -0.1) is 0 Å². The molecule has 4 atom stereocenters. The van der Waals surface area contributed by atoms with Crippen molar-refractivity contribution >= 4 is 5.91 Å². The van der Waals surface area contributed by atoms with Crippen molar-refractivity contribution in [3.8, 4) is 0 Å². The number of carbonyl (C=O) groups excluding carboxylic acids is 1. The minimum absolute atomic E-state index is 0.0157. The van der Waals surface area contributed by atoms with Gasteiger partial charge in [0.2, 0.25) is 5.91 Å². The first-order valence-electron chi connectivity index (χ1n) is 9.49. The number of carbonyl (C=O) groups is 1. The van der Waals surface area contributed by atoms with Gasteiger partial charge < -0.3 is 15.0 Å². The number of amides is 1. The zero-order valence-corrected chi connectivity index (χ0v) is 14.7. The van der Waals surface area contributed by atoms with E-state index in [4.69, 9.17) is 0 Å². The van der Waals surface area contributed by atoms with Crippen molar-refractivity contribution in [2.45, 2.75) is 44.8 Å². The fourth-order valence-electron chi connectivity index (χ4n) is 4.72. The minimum atomic E-state index is -0.295. The predicted molar refractivity (Wildman–Crippen MR) is 94.0 cm³/mol. The van der Waals surface area contributed by atoms with Gasteiger partial charge in [0.25, 0.3) is 5.56 Å². The van der Waals surface area contributed by atoms with E-state index >= 15 is 0 Å². The molecule has 1 saturated heterocycles. The highest BCUT2D eigenvalue weighted by Crippen LogP contribution is 2.50. The second-order valence-corrected chi connectivity index (χ2v) is 7.73. The molecular formula is C19H27N3O3. The summed E-state index contributed by atoms with van der Waals surface area (Å²) in [6, 6.07) is 5.17. The molecule has 3 aliphatic rings. The van der Waals surface area contributed by atoms with Crippen LogP contribution in [0.3, 0.4) is 0 Å². The van der Waals surface area contributed by atoms with E-state index in [0.717, 1.165) is 18.7 Å². The van der Waals surface area contributed by atoms with Crippen LogP contribution in [-0.4, -0.2) is 46.2 Å². The van der Waals surface area contributed by atoms with E-state index in [2.05, 4.69) is 10.2 Å². The Bertz CT molecular complexity index is 712. The van der Waals surface area contributed by atoms with Crippen molar-refractivity contribution in [2.75, 3.05) is 19.7 Å². The van der Waals surface area contributed by atoms with Crippen LogP contribution in [0.4, 0.5) is 0 Å². The Hall–Kier alpha value is -1.66. The maximum Gasteiger partial charge on any atom is 0.250 e. The Labute approximate surface area is 147 Å². The Morgan fingerprint density at radius 3 is 2.84 bits per heavy atom. The van der Waals surface area contributed by atoms with Crippen LogP contribution < -0.4 is 10.9 Å². The number of rotatable bonds is 6. The molecule has 25 heavy (non-hydrogen) atoms. The number of pyridine rings is 1. The third-order valence-electron chi connectivity index (χ3n) is 6.05. The molecule has 1 amide bonds. The highest BCUT2D eigenvalue weighted by molar-refractivity contribution is 5.82. The van der Waals surface area contributed by atoms with E-state index in [1.54, 1.807) is 6.07 Å². The van der Waals surface area contributed by atoms with Gasteiger partial charge in [-0.1, -0.05) is 13.0 Å². The second kappa shape index (κ2) is 6.57. The molecule has 1 aliphatic carbocycles. The predicted octanol–water partition coefficient (Wildman–Crippen LogP) is 0.748. The van der Waals surface area contributed by atoms with Crippen LogP contribution in [0.5, 0.6) is 0 Å². The molecule has 0 aromatic carbocycles. The Morgan fingerprint density at radius 2 is 2.16 bits per heavy atom. The molecule has 0 bridgehead atoms. The van der Waals surface area contributed by atoms with Crippen LogP contribution in [0.1, 0.15) is 37.9 Å². The van der Waals surface area contributed by atoms with E-state index in [9.17, 15) is 14.7 Å². The number of hydrogen-bond acceptors (Lipinski definition) is 4. The largest absolute Gasteiger partial charge is 0.396 e. The molecule has 3 heterocycles. The van der Waals surface area contributed by atoms with Crippen molar-refractivity contribution in [3.63, 3.8) is 0 Å². The lowest BCUT2D eigenvalue weighted by atomic mass is 9.88. The number of fused-ring (bicyclic) bond motifs is 3. The normalized spacial score (nSPS) is 31.0. The highest BCUT2D eigenvalue weighted by Gasteiger charge is 2.55. The van der Waals surface area contributed by atoms with Crippen molar-refractivity contribution < 1.29 is 9.90 Å². The maximum absolute atomic E-state index is 12.9. The van der Waals surface area contributed by atoms with Gasteiger partial charge in [0, 0.05) is 49.8 Å². The van der Waals surface area contributed by atoms with Crippen molar-refractivity contribution in [3.05, 3.63) is 34.2 Å². The van der Waals surface area contributed by atoms with Crippen LogP contribution in [0.15, 0.2) is 23.0 Å². The summed E-state index contributed by atoms with van der Waals surface area (Å²) in [4.78, 5) is 27.4. The summed E-state index contributed by atoms with van der Waals surface area (Å²) in [6.07, 6.45) is 3.32. The van der Waals surface area contributed by atoms with Gasteiger partial charge in [-0.2, -0.15) is 0 Å². The molecule has 1 saturated carbocycles. The first kappa shape index (κ1) is 16.8. The van der Waals surface area contributed by atoms with Gasteiger partial charge in [-0.3, -0.25) is 14.5 Å². The third kappa shape index (κ3) is 2.81. The SMILES string of the molecule is CCCNC(=O)[C@@H]1[C@@H](CO)[C@@H]2Cn3c(cccc3=O)[C@@H]2N1CC1CC1. The Balaban J connectivity index is 1.70. The number of likely N-dealkylation sites (tertiary alicyclic amines) is 1. The van der Waals surface area contributed by atoms with Gasteiger partial charge in [0.1, 0.15) is 0 Å². The van der Waals surface area contributed by atoms with Crippen LogP contribution in [0.25, 0.3) is 0 Å². The van der Waals surface area contributed by atoms with Gasteiger partial charge in [-0.25, -0.2) is 0 Å². The van der Waals surface area contributed by atoms with Crippen LogP contribution >= 0.6 is 0 Å². The first-order valence-corrected chi connectivity index (χ1v) is 9.49. The number of hydrogen-bond donors (Lipinski definition) is 2. The standard InChI is InChI=1S/C19H27N3O3/c1-2-8-20-19(25)18-14(11-23)13-10-21-15(4-3-5-16(21)24)17(13)22(18)9-12-6-7-12/h3-5,12-14,17-18,23H,2,6-11H2,1H3,(H,20,25)/t13-,14-,17+,18-/m0/s1. The average molecular weight is 345 g/mol. The number of aromatic nitrogens is 1. The minimum Gasteiger partial charge on any atom is -0.396 e. The third-order valence-corrected chi connectivity index (χ3v) is 6.05. The van der Waals surface area contributed by atoms with Gasteiger partial charge >= 0.3 is 0 Å². The van der Waals surface area contributed by atoms with Crippen LogP contribution in [0.2, 0.25) is 0 Å². The van der Waals surface area contributed by atoms with Crippen molar-refractivity contribution in [2.24, 2.45) is 17.8 Å². The molecule has 0 spiro atoms. The quantitative estimate of drug-likeness (QED) is 0.798. The number of nitrogens with zero attached hydrogens (tertiary/aromatic N) is 2. The lowest BCUT2D eigenvalue weighted by Gasteiger charge is -2.30. The summed E-state index contributed by atoms with van der Waals surface area (Å²) < 4.78 is 1.83. The molecule has 6 nitrogen and oxygen atoms in total. The summed E-state index contributed by atoms with van der Waals surface area (Å²) in [6.45, 7) is 4.16. The first-order chi connectivity index (χ1) is 12.2. The summed E-state index contributed by atoms with van der Waals surface area (Å²) in [7, 11) is 0. The van der Waals surface area contributed by atoms with Crippen molar-refractivity contribution in [1.82, 2.24) is 14.8 Å². The molecule has 1 aromatic rings. The van der Waals surface area contributed by atoms with E-state index in [1.807, 2.05) is 23.6 Å². The van der Waals surface area contributed by atoms with Crippen LogP contribution in [0, 0.1) is 17.8 Å². The zero-order chi connectivity index (χ0) is 17.6. The van der Waals surface area contributed by atoms with Gasteiger partial charge in [0.15, 0.2) is 0 Å². The summed E-state index contributed by atoms with van der Waals surface area (Å²) >= 11 is 0. The lowest BCUT2D eigenvalue weighted by Crippen LogP contribution is -2.49. The number of aliphatic hydroxyl groups is 1. The smallest absolute Gasteiger partial charge is 0.250 e. The van der Waals surface area contributed by atoms with Crippen molar-refractivity contribution in [1.29, 1.82) is 0 Å². The molecule has 1 aromatic heterocycles. The molecule has 2 fully saturated rings. The zero-order valence-electron chi connectivity index (χ0n) is 14.7. The molecular weight excluding hydrogens is 318 g/mol. The summed E-state index contributed by atoms with van der Waals surface area (Å²) in [5.74, 6) is 0.668. The Kier molecular flexibility index (Phi) is 4.41. The van der Waals surface area contributed by atoms with Gasteiger partial charge in [-0.05, 0) is 31.2 Å². The number of aliphatic hydroxyl groups excluding tert-OH is 1. The molecule has 136 valence electrons. The molecule has 0 radical (unpaired) electrons. The number of nitrogens with one attached hydrogen (secondary N) is 1. The highest BCUT2D eigenvalue weighted by atomic mass is 16.3. The average Bonchev–Trinajstić information content (AvgIpc) is 3.26. The Morgan fingerprint density at radius 1 is 1.36 bits per heavy atom. The van der Waals surface area contributed by atoms with E-state index in [-0.39, 0.29) is 42.0 Å². The molecule has 2 aliphatic heterocycles. The van der Waals surface area contributed by atoms with Crippen LogP contribution in [-0.2, 0) is 11.3 Å². The fourth-order valence-corrected chi connectivity index (χ4v) is 4.72. The van der Waals surface area contributed by atoms with E-state index in [1.165, 1.54) is 12.8 Å². The lowest BCUT2D eigenvalue weighted by molar-refractivity contribution is -0.127. The molecule has 4 rings (SSSR count). The van der Waals surface area contributed by atoms with E-state index < -0.39 is 0 Å². The second-order valence-electron chi connectivity index (χ2n) is 7.73. The molecule has 0 unspecified atom stereocenters. The maximum atomic E-state index is 12.9. The molecule has 2 N–H and O–H groups in total. The van der Waals surface area contributed by atoms with Gasteiger partial charge in [0.05, 0.1) is 12.1 Å².